The van der Waals surface area contributed by atoms with Crippen molar-refractivity contribution in [3.05, 3.63) is 34.6 Å². The molecule has 0 aliphatic carbocycles. The fourth-order valence-electron chi connectivity index (χ4n) is 1.89. The summed E-state index contributed by atoms with van der Waals surface area (Å²) in [6.07, 6.45) is 2.18. The molecular formula is C13H19ClFNO. The van der Waals surface area contributed by atoms with E-state index in [0.29, 0.717) is 17.0 Å². The van der Waals surface area contributed by atoms with Gasteiger partial charge in [0.15, 0.2) is 0 Å². The molecule has 17 heavy (non-hydrogen) atoms. The molecule has 0 amide bonds. The van der Waals surface area contributed by atoms with Crippen molar-refractivity contribution in [3.63, 3.8) is 0 Å². The van der Waals surface area contributed by atoms with Crippen LogP contribution in [0.15, 0.2) is 18.2 Å². The van der Waals surface area contributed by atoms with Gasteiger partial charge in [0.05, 0.1) is 6.10 Å². The summed E-state index contributed by atoms with van der Waals surface area (Å²) in [5.74, 6) is -0.306. The fourth-order valence-corrected chi connectivity index (χ4v) is 2.13. The first kappa shape index (κ1) is 14.4. The van der Waals surface area contributed by atoms with Crippen LogP contribution in [0, 0.1) is 5.82 Å². The van der Waals surface area contributed by atoms with E-state index < -0.39 is 0 Å². The Morgan fingerprint density at radius 1 is 1.47 bits per heavy atom. The third-order valence-electron chi connectivity index (χ3n) is 2.85. The quantitative estimate of drug-likeness (QED) is 0.852. The summed E-state index contributed by atoms with van der Waals surface area (Å²) < 4.78 is 18.9. The number of methoxy groups -OCH3 is 1. The lowest BCUT2D eigenvalue weighted by atomic mass is 9.99. The lowest BCUT2D eigenvalue weighted by molar-refractivity contribution is 0.0724. The number of halogens is 2. The van der Waals surface area contributed by atoms with Gasteiger partial charge in [0.1, 0.15) is 5.82 Å². The van der Waals surface area contributed by atoms with Crippen molar-refractivity contribution in [1.29, 1.82) is 0 Å². The number of rotatable bonds is 6. The van der Waals surface area contributed by atoms with Crippen LogP contribution in [0.5, 0.6) is 0 Å². The zero-order chi connectivity index (χ0) is 12.8. The van der Waals surface area contributed by atoms with E-state index >= 15 is 0 Å². The lowest BCUT2D eigenvalue weighted by Gasteiger charge is -2.22. The smallest absolute Gasteiger partial charge is 0.127 e. The van der Waals surface area contributed by atoms with Crippen molar-refractivity contribution < 1.29 is 9.13 Å². The van der Waals surface area contributed by atoms with Crippen LogP contribution in [-0.4, -0.2) is 19.3 Å². The molecule has 0 aliphatic rings. The average molecular weight is 260 g/mol. The van der Waals surface area contributed by atoms with Crippen molar-refractivity contribution in [1.82, 2.24) is 0 Å². The van der Waals surface area contributed by atoms with Crippen LogP contribution in [0.1, 0.15) is 25.3 Å². The molecule has 1 rings (SSSR count). The molecule has 2 nitrogen and oxygen atoms in total. The Bertz CT molecular complexity index is 339. The maximum atomic E-state index is 13.6. The van der Waals surface area contributed by atoms with Crippen LogP contribution >= 0.6 is 11.6 Å². The summed E-state index contributed by atoms with van der Waals surface area (Å²) in [6.45, 7) is 2.06. The Kier molecular flexibility index (Phi) is 5.89. The zero-order valence-electron chi connectivity index (χ0n) is 10.2. The molecule has 0 heterocycles. The first-order valence-corrected chi connectivity index (χ1v) is 6.19. The van der Waals surface area contributed by atoms with Gasteiger partial charge < -0.3 is 10.5 Å². The van der Waals surface area contributed by atoms with Gasteiger partial charge in [-0.1, -0.05) is 31.0 Å². The van der Waals surface area contributed by atoms with Crippen molar-refractivity contribution in [2.75, 3.05) is 7.11 Å². The molecule has 1 aromatic carbocycles. The Labute approximate surface area is 107 Å². The molecule has 0 bridgehead atoms. The Morgan fingerprint density at radius 3 is 2.71 bits per heavy atom. The SMILES string of the molecule is CCCC(OC)C(N)Cc1c(F)cccc1Cl. The molecule has 0 radical (unpaired) electrons. The van der Waals surface area contributed by atoms with Crippen molar-refractivity contribution >= 4 is 11.6 Å². The minimum atomic E-state index is -0.306. The van der Waals surface area contributed by atoms with Crippen LogP contribution in [-0.2, 0) is 11.2 Å². The van der Waals surface area contributed by atoms with Crippen LogP contribution in [0.25, 0.3) is 0 Å². The van der Waals surface area contributed by atoms with E-state index in [9.17, 15) is 4.39 Å². The highest BCUT2D eigenvalue weighted by Crippen LogP contribution is 2.21. The van der Waals surface area contributed by atoms with E-state index in [4.69, 9.17) is 22.1 Å². The highest BCUT2D eigenvalue weighted by molar-refractivity contribution is 6.31. The molecule has 2 N–H and O–H groups in total. The summed E-state index contributed by atoms with van der Waals surface area (Å²) in [4.78, 5) is 0. The minimum Gasteiger partial charge on any atom is -0.380 e. The minimum absolute atomic E-state index is 0.0596. The number of benzene rings is 1. The summed E-state index contributed by atoms with van der Waals surface area (Å²) in [6, 6.07) is 4.42. The van der Waals surface area contributed by atoms with E-state index in [0.717, 1.165) is 12.8 Å². The second-order valence-corrected chi connectivity index (χ2v) is 4.54. The topological polar surface area (TPSA) is 35.2 Å². The average Bonchev–Trinajstić information content (AvgIpc) is 2.30. The standard InChI is InChI=1S/C13H19ClFNO/c1-3-5-13(17-2)12(16)8-9-10(14)6-4-7-11(9)15/h4,6-7,12-13H,3,5,8,16H2,1-2H3. The molecule has 2 atom stereocenters. The summed E-state index contributed by atoms with van der Waals surface area (Å²) in [5.41, 5.74) is 6.51. The molecule has 0 aromatic heterocycles. The van der Waals surface area contributed by atoms with E-state index in [2.05, 4.69) is 6.92 Å². The molecule has 96 valence electrons. The van der Waals surface area contributed by atoms with Crippen LogP contribution < -0.4 is 5.73 Å². The summed E-state index contributed by atoms with van der Waals surface area (Å²) in [7, 11) is 1.63. The highest BCUT2D eigenvalue weighted by Gasteiger charge is 2.19. The summed E-state index contributed by atoms with van der Waals surface area (Å²) in [5, 5.41) is 0.423. The predicted molar refractivity (Wildman–Crippen MR) is 68.8 cm³/mol. The Morgan fingerprint density at radius 2 is 2.18 bits per heavy atom. The first-order valence-electron chi connectivity index (χ1n) is 5.81. The van der Waals surface area contributed by atoms with Crippen LogP contribution in [0.4, 0.5) is 4.39 Å². The van der Waals surface area contributed by atoms with Crippen molar-refractivity contribution in [2.24, 2.45) is 5.73 Å². The van der Waals surface area contributed by atoms with E-state index in [1.54, 1.807) is 19.2 Å². The van der Waals surface area contributed by atoms with Gasteiger partial charge in [-0.25, -0.2) is 4.39 Å². The number of nitrogens with two attached hydrogens (primary N) is 1. The normalized spacial score (nSPS) is 14.6. The third kappa shape index (κ3) is 3.95. The van der Waals surface area contributed by atoms with Crippen molar-refractivity contribution in [3.8, 4) is 0 Å². The first-order chi connectivity index (χ1) is 8.10. The molecule has 0 saturated carbocycles. The van der Waals surface area contributed by atoms with Gasteiger partial charge in [0.2, 0.25) is 0 Å². The maximum absolute atomic E-state index is 13.6. The zero-order valence-corrected chi connectivity index (χ0v) is 11.0. The highest BCUT2D eigenvalue weighted by atomic mass is 35.5. The lowest BCUT2D eigenvalue weighted by Crippen LogP contribution is -2.38. The molecular weight excluding hydrogens is 241 g/mol. The molecule has 0 saturated heterocycles. The van der Waals surface area contributed by atoms with Gasteiger partial charge >= 0.3 is 0 Å². The van der Waals surface area contributed by atoms with E-state index in [1.807, 2.05) is 0 Å². The fraction of sp³-hybridized carbons (Fsp3) is 0.538. The second-order valence-electron chi connectivity index (χ2n) is 4.13. The summed E-state index contributed by atoms with van der Waals surface area (Å²) >= 11 is 5.96. The van der Waals surface area contributed by atoms with Crippen LogP contribution in [0.3, 0.4) is 0 Å². The molecule has 0 fully saturated rings. The third-order valence-corrected chi connectivity index (χ3v) is 3.21. The molecule has 1 aromatic rings. The number of hydrogen-bond donors (Lipinski definition) is 1. The van der Waals surface area contributed by atoms with E-state index in [-0.39, 0.29) is 18.0 Å². The molecule has 0 spiro atoms. The predicted octanol–water partition coefficient (Wildman–Crippen LogP) is 3.16. The number of ether oxygens (including phenoxy) is 1. The Balaban J connectivity index is 2.76. The second kappa shape index (κ2) is 6.94. The van der Waals surface area contributed by atoms with Gasteiger partial charge in [-0.3, -0.25) is 0 Å². The van der Waals surface area contributed by atoms with Crippen molar-refractivity contribution in [2.45, 2.75) is 38.3 Å². The van der Waals surface area contributed by atoms with Gasteiger partial charge in [-0.2, -0.15) is 0 Å². The maximum Gasteiger partial charge on any atom is 0.127 e. The van der Waals surface area contributed by atoms with Gasteiger partial charge in [-0.15, -0.1) is 0 Å². The largest absolute Gasteiger partial charge is 0.380 e. The molecule has 2 unspecified atom stereocenters. The molecule has 4 heteroatoms. The van der Waals surface area contributed by atoms with Crippen LogP contribution in [0.2, 0.25) is 5.02 Å². The number of hydrogen-bond acceptors (Lipinski definition) is 2. The Hall–Kier alpha value is -0.640. The monoisotopic (exact) mass is 259 g/mol. The van der Waals surface area contributed by atoms with E-state index in [1.165, 1.54) is 6.07 Å². The van der Waals surface area contributed by atoms with Gasteiger partial charge in [0, 0.05) is 23.7 Å². The molecule has 0 aliphatic heterocycles. The van der Waals surface area contributed by atoms with Gasteiger partial charge in [-0.05, 0) is 25.0 Å². The van der Waals surface area contributed by atoms with Gasteiger partial charge in [0.25, 0.3) is 0 Å².